The molecular formula is C22H28FNO2. The molecule has 0 aromatic heterocycles. The highest BCUT2D eigenvalue weighted by atomic mass is 19.1. The van der Waals surface area contributed by atoms with E-state index in [9.17, 15) is 9.50 Å². The molecule has 0 saturated carbocycles. The highest BCUT2D eigenvalue weighted by Crippen LogP contribution is 2.35. The van der Waals surface area contributed by atoms with Crippen LogP contribution < -0.4 is 4.74 Å². The summed E-state index contributed by atoms with van der Waals surface area (Å²) >= 11 is 0. The number of nitrogens with zero attached hydrogens (tertiary/aromatic N) is 1. The first-order valence-corrected chi connectivity index (χ1v) is 9.25. The van der Waals surface area contributed by atoms with Crippen LogP contribution in [0.15, 0.2) is 42.5 Å². The number of piperidine rings is 1. The van der Waals surface area contributed by atoms with Crippen LogP contribution in [0.2, 0.25) is 0 Å². The highest BCUT2D eigenvalue weighted by molar-refractivity contribution is 5.29. The molecule has 4 heteroatoms. The monoisotopic (exact) mass is 357 g/mol. The summed E-state index contributed by atoms with van der Waals surface area (Å²) in [5, 5.41) is 10.2. The lowest BCUT2D eigenvalue weighted by molar-refractivity contribution is 0.0283. The Hall–Kier alpha value is -1.91. The van der Waals surface area contributed by atoms with Gasteiger partial charge in [-0.05, 0) is 49.9 Å². The molecule has 1 atom stereocenters. The molecule has 2 aromatic rings. The molecular weight excluding hydrogens is 329 g/mol. The fourth-order valence-electron chi connectivity index (χ4n) is 4.01. The van der Waals surface area contributed by atoms with Gasteiger partial charge in [0.2, 0.25) is 0 Å². The minimum Gasteiger partial charge on any atom is -0.497 e. The maximum absolute atomic E-state index is 14.3. The van der Waals surface area contributed by atoms with Gasteiger partial charge in [0.15, 0.2) is 0 Å². The van der Waals surface area contributed by atoms with Crippen molar-refractivity contribution in [3.8, 4) is 5.75 Å². The van der Waals surface area contributed by atoms with Gasteiger partial charge < -0.3 is 9.84 Å². The van der Waals surface area contributed by atoms with Crippen LogP contribution in [0, 0.1) is 18.2 Å². The van der Waals surface area contributed by atoms with Gasteiger partial charge in [-0.1, -0.05) is 30.3 Å². The molecule has 0 aliphatic carbocycles. The van der Waals surface area contributed by atoms with Crippen LogP contribution in [0.25, 0.3) is 0 Å². The van der Waals surface area contributed by atoms with Crippen molar-refractivity contribution in [1.29, 1.82) is 0 Å². The molecule has 3 rings (SSSR count). The Labute approximate surface area is 155 Å². The number of halogens is 1. The molecule has 0 bridgehead atoms. The van der Waals surface area contributed by atoms with Crippen molar-refractivity contribution in [2.45, 2.75) is 32.7 Å². The third kappa shape index (κ3) is 4.25. The summed E-state index contributed by atoms with van der Waals surface area (Å²) in [5.74, 6) is 0.303. The van der Waals surface area contributed by atoms with Crippen molar-refractivity contribution in [3.63, 3.8) is 0 Å². The van der Waals surface area contributed by atoms with Gasteiger partial charge in [0, 0.05) is 30.1 Å². The van der Waals surface area contributed by atoms with Crippen molar-refractivity contribution >= 4 is 0 Å². The normalized spacial score (nSPS) is 20.9. The van der Waals surface area contributed by atoms with E-state index < -0.39 is 0 Å². The molecule has 1 aliphatic rings. The fraction of sp³-hybridized carbons (Fsp3) is 0.455. The van der Waals surface area contributed by atoms with Crippen LogP contribution >= 0.6 is 0 Å². The Kier molecular flexibility index (Phi) is 5.94. The molecule has 1 heterocycles. The Morgan fingerprint density at radius 2 is 2.00 bits per heavy atom. The Bertz CT molecular complexity index is 749. The molecule has 1 saturated heterocycles. The SMILES string of the molecule is COc1ccc(CN2CCCC(CO)(Cc3ccccc3C)C2)c(F)c1. The predicted octanol–water partition coefficient (Wildman–Crippen LogP) is 3.96. The molecule has 140 valence electrons. The second-order valence-corrected chi connectivity index (χ2v) is 7.53. The fourth-order valence-corrected chi connectivity index (χ4v) is 4.01. The van der Waals surface area contributed by atoms with E-state index in [-0.39, 0.29) is 17.8 Å². The van der Waals surface area contributed by atoms with Crippen molar-refractivity contribution in [2.75, 3.05) is 26.8 Å². The van der Waals surface area contributed by atoms with Gasteiger partial charge >= 0.3 is 0 Å². The third-order valence-corrected chi connectivity index (χ3v) is 5.56. The minimum absolute atomic E-state index is 0.156. The number of hydrogen-bond donors (Lipinski definition) is 1. The van der Waals surface area contributed by atoms with Gasteiger partial charge in [0.1, 0.15) is 11.6 Å². The van der Waals surface area contributed by atoms with E-state index in [1.54, 1.807) is 19.2 Å². The first kappa shape index (κ1) is 18.9. The second-order valence-electron chi connectivity index (χ2n) is 7.53. The maximum atomic E-state index is 14.3. The number of rotatable bonds is 6. The number of hydrogen-bond acceptors (Lipinski definition) is 3. The van der Waals surface area contributed by atoms with Gasteiger partial charge in [0.05, 0.1) is 13.7 Å². The van der Waals surface area contributed by atoms with Crippen LogP contribution in [0.1, 0.15) is 29.5 Å². The van der Waals surface area contributed by atoms with Crippen molar-refractivity contribution in [3.05, 3.63) is 65.0 Å². The quantitative estimate of drug-likeness (QED) is 0.849. The van der Waals surface area contributed by atoms with Crippen LogP contribution in [0.5, 0.6) is 5.75 Å². The smallest absolute Gasteiger partial charge is 0.131 e. The van der Waals surface area contributed by atoms with E-state index in [0.717, 1.165) is 32.4 Å². The molecule has 0 amide bonds. The summed E-state index contributed by atoms with van der Waals surface area (Å²) in [6.45, 7) is 4.55. The standard InChI is InChI=1S/C22H28FNO2/c1-17-6-3-4-7-18(17)13-22(16-25)10-5-11-24(15-22)14-19-8-9-20(26-2)12-21(19)23/h3-4,6-9,12,25H,5,10-11,13-16H2,1-2H3. The molecule has 1 unspecified atom stereocenters. The highest BCUT2D eigenvalue weighted by Gasteiger charge is 2.35. The van der Waals surface area contributed by atoms with Crippen molar-refractivity contribution in [1.82, 2.24) is 4.90 Å². The molecule has 0 spiro atoms. The van der Waals surface area contributed by atoms with Gasteiger partial charge in [0.25, 0.3) is 0 Å². The molecule has 3 nitrogen and oxygen atoms in total. The first-order chi connectivity index (χ1) is 12.5. The second kappa shape index (κ2) is 8.19. The molecule has 0 radical (unpaired) electrons. The lowest BCUT2D eigenvalue weighted by Gasteiger charge is -2.42. The topological polar surface area (TPSA) is 32.7 Å². The summed E-state index contributed by atoms with van der Waals surface area (Å²) < 4.78 is 19.4. The molecule has 2 aromatic carbocycles. The number of aryl methyl sites for hydroxylation is 1. The Morgan fingerprint density at radius 3 is 2.69 bits per heavy atom. The van der Waals surface area contributed by atoms with E-state index in [1.807, 2.05) is 6.07 Å². The summed E-state index contributed by atoms with van der Waals surface area (Å²) in [6, 6.07) is 13.4. The lowest BCUT2D eigenvalue weighted by atomic mass is 9.75. The van der Waals surface area contributed by atoms with E-state index in [4.69, 9.17) is 4.74 Å². The summed E-state index contributed by atoms with van der Waals surface area (Å²) in [6.07, 6.45) is 2.88. The average molecular weight is 357 g/mol. The van der Waals surface area contributed by atoms with Crippen LogP contribution in [-0.4, -0.2) is 36.8 Å². The number of aliphatic hydroxyl groups excluding tert-OH is 1. The molecule has 1 aliphatic heterocycles. The zero-order chi connectivity index (χ0) is 18.6. The first-order valence-electron chi connectivity index (χ1n) is 9.25. The zero-order valence-electron chi connectivity index (χ0n) is 15.7. The Balaban J connectivity index is 1.74. The molecule has 1 fully saturated rings. The molecule has 1 N–H and O–H groups in total. The number of aliphatic hydroxyl groups is 1. The van der Waals surface area contributed by atoms with Gasteiger partial charge in [-0.2, -0.15) is 0 Å². The summed E-state index contributed by atoms with van der Waals surface area (Å²) in [5.41, 5.74) is 3.07. The lowest BCUT2D eigenvalue weighted by Crippen LogP contribution is -2.46. The van der Waals surface area contributed by atoms with Gasteiger partial charge in [-0.15, -0.1) is 0 Å². The Morgan fingerprint density at radius 1 is 1.19 bits per heavy atom. The average Bonchev–Trinajstić information content (AvgIpc) is 2.65. The third-order valence-electron chi connectivity index (χ3n) is 5.56. The number of methoxy groups -OCH3 is 1. The van der Waals surface area contributed by atoms with Crippen LogP contribution in [-0.2, 0) is 13.0 Å². The summed E-state index contributed by atoms with van der Waals surface area (Å²) in [4.78, 5) is 2.27. The van der Waals surface area contributed by atoms with E-state index in [1.165, 1.54) is 17.2 Å². The zero-order valence-corrected chi connectivity index (χ0v) is 15.7. The van der Waals surface area contributed by atoms with Crippen molar-refractivity contribution < 1.29 is 14.2 Å². The van der Waals surface area contributed by atoms with Gasteiger partial charge in [-0.25, -0.2) is 4.39 Å². The van der Waals surface area contributed by atoms with Crippen LogP contribution in [0.4, 0.5) is 4.39 Å². The number of likely N-dealkylation sites (tertiary alicyclic amines) is 1. The molecule has 26 heavy (non-hydrogen) atoms. The maximum Gasteiger partial charge on any atom is 0.131 e. The van der Waals surface area contributed by atoms with Gasteiger partial charge in [-0.3, -0.25) is 4.90 Å². The minimum atomic E-state index is -0.233. The number of benzene rings is 2. The van der Waals surface area contributed by atoms with Crippen LogP contribution in [0.3, 0.4) is 0 Å². The van der Waals surface area contributed by atoms with E-state index in [2.05, 4.69) is 30.0 Å². The van der Waals surface area contributed by atoms with E-state index >= 15 is 0 Å². The summed E-state index contributed by atoms with van der Waals surface area (Å²) in [7, 11) is 1.54. The van der Waals surface area contributed by atoms with E-state index in [0.29, 0.717) is 17.9 Å². The van der Waals surface area contributed by atoms with Crippen molar-refractivity contribution in [2.24, 2.45) is 5.41 Å². The largest absolute Gasteiger partial charge is 0.497 e. The number of ether oxygens (including phenoxy) is 1. The predicted molar refractivity (Wildman–Crippen MR) is 102 cm³/mol.